The number of aliphatic carboxylic acids is 2. The highest BCUT2D eigenvalue weighted by molar-refractivity contribution is 7.46. The second-order valence-corrected chi connectivity index (χ2v) is 9.43. The highest BCUT2D eigenvalue weighted by Gasteiger charge is 2.49. The molecule has 1 atom stereocenters. The van der Waals surface area contributed by atoms with Crippen molar-refractivity contribution in [3.05, 3.63) is 0 Å². The lowest BCUT2D eigenvalue weighted by Crippen LogP contribution is -2.16. The third-order valence-corrected chi connectivity index (χ3v) is 6.59. The van der Waals surface area contributed by atoms with Gasteiger partial charge in [0.1, 0.15) is 0 Å². The van der Waals surface area contributed by atoms with Gasteiger partial charge in [0.05, 0.1) is 16.9 Å². The second kappa shape index (κ2) is 9.03. The Balaban J connectivity index is 1.64. The number of phosphoric ester groups is 1. The summed E-state index contributed by atoms with van der Waals surface area (Å²) < 4.78 is 16.1. The molecule has 0 heterocycles. The van der Waals surface area contributed by atoms with Crippen LogP contribution in [-0.2, 0) is 18.7 Å². The summed E-state index contributed by atoms with van der Waals surface area (Å²) in [5.41, 5.74) is -1.09. The van der Waals surface area contributed by atoms with Gasteiger partial charge in [-0.3, -0.25) is 14.1 Å². The molecule has 0 saturated heterocycles. The highest BCUT2D eigenvalue weighted by atomic mass is 31.2. The van der Waals surface area contributed by atoms with E-state index in [0.717, 1.165) is 32.1 Å². The lowest BCUT2D eigenvalue weighted by atomic mass is 9.95. The average Bonchev–Trinajstić information content (AvgIpc) is 3.44. The summed E-state index contributed by atoms with van der Waals surface area (Å²) in [5, 5.41) is 18.3. The Labute approximate surface area is 159 Å². The first-order chi connectivity index (χ1) is 12.6. The maximum absolute atomic E-state index is 11.2. The molecule has 0 bridgehead atoms. The van der Waals surface area contributed by atoms with Gasteiger partial charge in [0.2, 0.25) is 0 Å². The quantitative estimate of drug-likeness (QED) is 0.238. The molecule has 0 radical (unpaired) electrons. The zero-order valence-corrected chi connectivity index (χ0v) is 16.5. The minimum atomic E-state index is -4.56. The molecule has 2 saturated carbocycles. The van der Waals surface area contributed by atoms with Crippen molar-refractivity contribution in [3.63, 3.8) is 0 Å². The number of hydrogen-bond acceptors (Lipinski definition) is 4. The van der Waals surface area contributed by atoms with Crippen LogP contribution in [0.15, 0.2) is 0 Å². The van der Waals surface area contributed by atoms with E-state index in [1.165, 1.54) is 0 Å². The van der Waals surface area contributed by atoms with Gasteiger partial charge in [-0.15, -0.1) is 0 Å². The van der Waals surface area contributed by atoms with Crippen LogP contribution in [0.4, 0.5) is 0 Å². The van der Waals surface area contributed by atoms with Crippen molar-refractivity contribution < 1.29 is 38.7 Å². The minimum absolute atomic E-state index is 0.486. The van der Waals surface area contributed by atoms with Gasteiger partial charge in [0.15, 0.2) is 0 Å². The van der Waals surface area contributed by atoms with Gasteiger partial charge in [0, 0.05) is 0 Å². The summed E-state index contributed by atoms with van der Waals surface area (Å²) in [6, 6.07) is 0. The van der Waals surface area contributed by atoms with Crippen LogP contribution < -0.4 is 0 Å². The predicted octanol–water partition coefficient (Wildman–Crippen LogP) is 3.70. The Hall–Kier alpha value is -0.950. The Kier molecular flexibility index (Phi) is 7.47. The fourth-order valence-corrected chi connectivity index (χ4v) is 4.33. The van der Waals surface area contributed by atoms with Crippen LogP contribution in [0.2, 0.25) is 0 Å². The van der Waals surface area contributed by atoms with Gasteiger partial charge in [-0.05, 0) is 51.4 Å². The van der Waals surface area contributed by atoms with Gasteiger partial charge < -0.3 is 20.0 Å². The molecular formula is C18H31O8P. The van der Waals surface area contributed by atoms with Crippen molar-refractivity contribution in [1.82, 2.24) is 0 Å². The number of unbranched alkanes of at least 4 members (excludes halogenated alkanes) is 3. The molecule has 2 aliphatic rings. The topological polar surface area (TPSA) is 141 Å². The van der Waals surface area contributed by atoms with Crippen molar-refractivity contribution in [2.75, 3.05) is 0 Å². The number of hydrogen-bond donors (Lipinski definition) is 4. The van der Waals surface area contributed by atoms with Crippen LogP contribution in [0.5, 0.6) is 0 Å². The van der Waals surface area contributed by atoms with Crippen molar-refractivity contribution in [1.29, 1.82) is 0 Å². The van der Waals surface area contributed by atoms with Crippen LogP contribution >= 0.6 is 7.82 Å². The zero-order chi connectivity index (χ0) is 20.1. The Morgan fingerprint density at radius 2 is 1.22 bits per heavy atom. The van der Waals surface area contributed by atoms with E-state index in [0.29, 0.717) is 51.4 Å². The predicted molar refractivity (Wildman–Crippen MR) is 97.1 cm³/mol. The average molecular weight is 406 g/mol. The van der Waals surface area contributed by atoms with E-state index < -0.39 is 36.7 Å². The minimum Gasteiger partial charge on any atom is -0.481 e. The molecule has 0 aromatic carbocycles. The molecule has 27 heavy (non-hydrogen) atoms. The van der Waals surface area contributed by atoms with Crippen LogP contribution in [-0.4, -0.2) is 38.0 Å². The van der Waals surface area contributed by atoms with E-state index in [1.807, 2.05) is 0 Å². The molecule has 1 unspecified atom stereocenters. The third kappa shape index (κ3) is 7.18. The Morgan fingerprint density at radius 3 is 1.59 bits per heavy atom. The van der Waals surface area contributed by atoms with Gasteiger partial charge in [-0.2, -0.15) is 0 Å². The molecule has 8 nitrogen and oxygen atoms in total. The normalized spacial score (nSPS) is 20.8. The summed E-state index contributed by atoms with van der Waals surface area (Å²) in [6.07, 6.45) is 8.28. The summed E-state index contributed by atoms with van der Waals surface area (Å²) in [6.45, 7) is 0. The first kappa shape index (κ1) is 22.3. The molecule has 2 aliphatic carbocycles. The molecule has 9 heteroatoms. The SMILES string of the molecule is O=C(O)C1(CCCCCC(CCCCC2(C(=O)O)CC2)OP(=O)(O)O)CC1. The first-order valence-corrected chi connectivity index (χ1v) is 11.3. The molecule has 0 aromatic heterocycles. The zero-order valence-electron chi connectivity index (χ0n) is 15.6. The number of rotatable bonds is 15. The van der Waals surface area contributed by atoms with Gasteiger partial charge in [-0.25, -0.2) is 4.57 Å². The lowest BCUT2D eigenvalue weighted by Gasteiger charge is -2.19. The largest absolute Gasteiger partial charge is 0.481 e. The maximum atomic E-state index is 11.2. The molecule has 4 N–H and O–H groups in total. The Bertz CT molecular complexity index is 576. The fourth-order valence-electron chi connectivity index (χ4n) is 3.73. The van der Waals surface area contributed by atoms with E-state index in [-0.39, 0.29) is 0 Å². The van der Waals surface area contributed by atoms with E-state index in [1.54, 1.807) is 0 Å². The van der Waals surface area contributed by atoms with E-state index in [2.05, 4.69) is 0 Å². The van der Waals surface area contributed by atoms with Crippen molar-refractivity contribution in [2.24, 2.45) is 10.8 Å². The summed E-state index contributed by atoms with van der Waals surface area (Å²) in [4.78, 5) is 40.4. The molecule has 156 valence electrons. The van der Waals surface area contributed by atoms with Crippen LogP contribution in [0.25, 0.3) is 0 Å². The van der Waals surface area contributed by atoms with Crippen LogP contribution in [0.3, 0.4) is 0 Å². The number of carbonyl (C=O) groups is 2. The van der Waals surface area contributed by atoms with Gasteiger partial charge in [0.25, 0.3) is 0 Å². The van der Waals surface area contributed by atoms with Crippen molar-refractivity contribution >= 4 is 19.8 Å². The molecular weight excluding hydrogens is 375 g/mol. The van der Waals surface area contributed by atoms with Crippen LogP contribution in [0.1, 0.15) is 83.5 Å². The molecule has 0 aliphatic heterocycles. The maximum Gasteiger partial charge on any atom is 0.469 e. The monoisotopic (exact) mass is 406 g/mol. The molecule has 2 fully saturated rings. The summed E-state index contributed by atoms with van der Waals surface area (Å²) in [5.74, 6) is -1.47. The Morgan fingerprint density at radius 1 is 0.815 bits per heavy atom. The van der Waals surface area contributed by atoms with E-state index in [4.69, 9.17) is 24.5 Å². The lowest BCUT2D eigenvalue weighted by molar-refractivity contribution is -0.144. The molecule has 0 amide bonds. The van der Waals surface area contributed by atoms with Gasteiger partial charge in [-0.1, -0.05) is 32.1 Å². The molecule has 0 spiro atoms. The second-order valence-electron chi connectivity index (χ2n) is 8.23. The van der Waals surface area contributed by atoms with E-state index >= 15 is 0 Å². The van der Waals surface area contributed by atoms with Crippen molar-refractivity contribution in [3.8, 4) is 0 Å². The smallest absolute Gasteiger partial charge is 0.469 e. The summed E-state index contributed by atoms with van der Waals surface area (Å²) >= 11 is 0. The standard InChI is InChI=1S/C18H31O8P/c19-15(20)17(10-11-17)8-4-1-2-6-14(26-27(23,24)25)7-3-5-9-18(12-13-18)16(21)22/h14H,1-13H2,(H,19,20)(H,21,22)(H2,23,24,25). The number of carboxylic acids is 2. The summed E-state index contributed by atoms with van der Waals surface area (Å²) in [7, 11) is -4.56. The highest BCUT2D eigenvalue weighted by Crippen LogP contribution is 2.51. The number of phosphoric acid groups is 1. The van der Waals surface area contributed by atoms with Crippen LogP contribution in [0, 0.1) is 10.8 Å². The molecule has 2 rings (SSSR count). The third-order valence-electron chi connectivity index (χ3n) is 6.01. The molecule has 0 aromatic rings. The first-order valence-electron chi connectivity index (χ1n) is 9.79. The van der Waals surface area contributed by atoms with E-state index in [9.17, 15) is 14.2 Å². The van der Waals surface area contributed by atoms with Gasteiger partial charge >= 0.3 is 19.8 Å². The van der Waals surface area contributed by atoms with Crippen molar-refractivity contribution in [2.45, 2.75) is 89.6 Å². The number of carboxylic acid groups (broad SMARTS) is 2. The fraction of sp³-hybridized carbons (Fsp3) is 0.889.